The van der Waals surface area contributed by atoms with Gasteiger partial charge in [-0.1, -0.05) is 6.92 Å². The van der Waals surface area contributed by atoms with E-state index < -0.39 is 5.54 Å². The molecule has 0 heterocycles. The summed E-state index contributed by atoms with van der Waals surface area (Å²) < 4.78 is 10.9. The Bertz CT molecular complexity index is 248. The van der Waals surface area contributed by atoms with Crippen LogP contribution in [-0.4, -0.2) is 38.0 Å². The quantitative estimate of drug-likeness (QED) is 0.629. The van der Waals surface area contributed by atoms with Crippen molar-refractivity contribution >= 4 is 0 Å². The molecule has 0 aliphatic heterocycles. The number of nitriles is 1. The van der Waals surface area contributed by atoms with Crippen molar-refractivity contribution in [2.24, 2.45) is 0 Å². The largest absolute Gasteiger partial charge is 0.379 e. The van der Waals surface area contributed by atoms with Gasteiger partial charge in [-0.3, -0.25) is 5.32 Å². The molecule has 1 atom stereocenters. The molecule has 0 amide bonds. The summed E-state index contributed by atoms with van der Waals surface area (Å²) >= 11 is 0. The topological polar surface area (TPSA) is 54.3 Å². The maximum atomic E-state index is 9.10. The molecule has 0 aliphatic rings. The molecule has 1 N–H and O–H groups in total. The predicted molar refractivity (Wildman–Crippen MR) is 68.8 cm³/mol. The van der Waals surface area contributed by atoms with Crippen LogP contribution in [-0.2, 0) is 9.47 Å². The second kappa shape index (κ2) is 7.65. The zero-order valence-electron chi connectivity index (χ0n) is 11.8. The van der Waals surface area contributed by atoms with Gasteiger partial charge in [0.1, 0.15) is 5.54 Å². The highest BCUT2D eigenvalue weighted by molar-refractivity contribution is 5.03. The van der Waals surface area contributed by atoms with Crippen LogP contribution in [0.4, 0.5) is 0 Å². The molecular formula is C13H26N2O2. The molecule has 0 aromatic carbocycles. The number of nitrogens with one attached hydrogen (secondary N) is 1. The number of nitrogens with zero attached hydrogens (tertiary/aromatic N) is 1. The molecule has 0 bridgehead atoms. The van der Waals surface area contributed by atoms with E-state index in [0.29, 0.717) is 13.2 Å². The highest BCUT2D eigenvalue weighted by Gasteiger charge is 2.23. The van der Waals surface area contributed by atoms with Crippen molar-refractivity contribution < 1.29 is 9.47 Å². The van der Waals surface area contributed by atoms with Crippen LogP contribution in [0.3, 0.4) is 0 Å². The van der Waals surface area contributed by atoms with E-state index in [1.807, 2.05) is 20.8 Å². The summed E-state index contributed by atoms with van der Waals surface area (Å²) in [6, 6.07) is 2.26. The fourth-order valence-electron chi connectivity index (χ4n) is 1.22. The summed E-state index contributed by atoms with van der Waals surface area (Å²) in [5, 5.41) is 12.3. The average Bonchev–Trinajstić information content (AvgIpc) is 2.32. The predicted octanol–water partition coefficient (Wildman–Crippen LogP) is 2.10. The number of methoxy groups -OCH3 is 1. The van der Waals surface area contributed by atoms with E-state index in [9.17, 15) is 0 Å². The normalized spacial score (nSPS) is 15.3. The van der Waals surface area contributed by atoms with Crippen LogP contribution in [0.2, 0.25) is 0 Å². The van der Waals surface area contributed by atoms with Crippen LogP contribution in [0.1, 0.15) is 40.5 Å². The summed E-state index contributed by atoms with van der Waals surface area (Å²) in [7, 11) is 1.70. The third-order valence-corrected chi connectivity index (χ3v) is 2.80. The van der Waals surface area contributed by atoms with Crippen LogP contribution in [0, 0.1) is 11.3 Å². The maximum absolute atomic E-state index is 9.10. The van der Waals surface area contributed by atoms with Gasteiger partial charge in [0.2, 0.25) is 0 Å². The van der Waals surface area contributed by atoms with Crippen molar-refractivity contribution in [3.05, 3.63) is 0 Å². The maximum Gasteiger partial charge on any atom is 0.127 e. The molecule has 17 heavy (non-hydrogen) atoms. The summed E-state index contributed by atoms with van der Waals surface area (Å²) in [6.07, 6.45) is 1.83. The van der Waals surface area contributed by atoms with Gasteiger partial charge in [0.15, 0.2) is 0 Å². The van der Waals surface area contributed by atoms with Crippen LogP contribution in [0.5, 0.6) is 0 Å². The van der Waals surface area contributed by atoms with Crippen molar-refractivity contribution in [1.82, 2.24) is 5.32 Å². The lowest BCUT2D eigenvalue weighted by atomic mass is 10.1. The molecule has 0 aromatic rings. The zero-order chi connectivity index (χ0) is 13.4. The fourth-order valence-corrected chi connectivity index (χ4v) is 1.22. The minimum atomic E-state index is -0.590. The molecular weight excluding hydrogens is 216 g/mol. The molecule has 1 unspecified atom stereocenters. The van der Waals surface area contributed by atoms with Gasteiger partial charge >= 0.3 is 0 Å². The second-order valence-corrected chi connectivity index (χ2v) is 5.14. The molecule has 0 spiro atoms. The number of hydrogen-bond donors (Lipinski definition) is 1. The molecule has 0 fully saturated rings. The van der Waals surface area contributed by atoms with Crippen LogP contribution < -0.4 is 5.32 Å². The van der Waals surface area contributed by atoms with Crippen molar-refractivity contribution in [3.63, 3.8) is 0 Å². The first-order chi connectivity index (χ1) is 7.89. The first kappa shape index (κ1) is 16.4. The van der Waals surface area contributed by atoms with Gasteiger partial charge < -0.3 is 9.47 Å². The summed E-state index contributed by atoms with van der Waals surface area (Å²) in [5.41, 5.74) is -0.757. The molecule has 4 nitrogen and oxygen atoms in total. The summed E-state index contributed by atoms with van der Waals surface area (Å²) in [4.78, 5) is 0. The number of hydrogen-bond acceptors (Lipinski definition) is 4. The average molecular weight is 242 g/mol. The molecule has 0 rings (SSSR count). The van der Waals surface area contributed by atoms with Gasteiger partial charge in [0.05, 0.1) is 18.3 Å². The summed E-state index contributed by atoms with van der Waals surface area (Å²) in [5.74, 6) is 0. The van der Waals surface area contributed by atoms with Crippen molar-refractivity contribution in [1.29, 1.82) is 5.26 Å². The molecule has 0 aromatic heterocycles. The van der Waals surface area contributed by atoms with Crippen LogP contribution in [0.25, 0.3) is 0 Å². The van der Waals surface area contributed by atoms with Crippen LogP contribution in [0.15, 0.2) is 0 Å². The Kier molecular flexibility index (Phi) is 7.37. The second-order valence-electron chi connectivity index (χ2n) is 5.14. The monoisotopic (exact) mass is 242 g/mol. The van der Waals surface area contributed by atoms with E-state index >= 15 is 0 Å². The molecule has 0 saturated heterocycles. The first-order valence-corrected chi connectivity index (χ1v) is 6.18. The van der Waals surface area contributed by atoms with E-state index in [1.165, 1.54) is 0 Å². The lowest BCUT2D eigenvalue weighted by Gasteiger charge is -2.25. The van der Waals surface area contributed by atoms with Crippen molar-refractivity contribution in [2.45, 2.75) is 51.7 Å². The van der Waals surface area contributed by atoms with E-state index in [4.69, 9.17) is 14.7 Å². The Morgan fingerprint density at radius 2 is 1.94 bits per heavy atom. The highest BCUT2D eigenvalue weighted by Crippen LogP contribution is 2.13. The fraction of sp³-hybridized carbons (Fsp3) is 0.923. The SMILES string of the molecule is CCCNC(C)(C#N)COCCC(C)(C)OC. The Morgan fingerprint density at radius 1 is 1.29 bits per heavy atom. The summed E-state index contributed by atoms with van der Waals surface area (Å²) in [6.45, 7) is 9.83. The Morgan fingerprint density at radius 3 is 2.41 bits per heavy atom. The van der Waals surface area contributed by atoms with Gasteiger partial charge in [-0.25, -0.2) is 0 Å². The molecule has 0 aliphatic carbocycles. The van der Waals surface area contributed by atoms with Crippen molar-refractivity contribution in [2.75, 3.05) is 26.9 Å². The third kappa shape index (κ3) is 7.32. The standard InChI is InChI=1S/C13H26N2O2/c1-6-8-15-13(4,10-14)11-17-9-7-12(2,3)16-5/h15H,6-9,11H2,1-5H3. The van der Waals surface area contributed by atoms with Crippen LogP contribution >= 0.6 is 0 Å². The highest BCUT2D eigenvalue weighted by atomic mass is 16.5. The van der Waals surface area contributed by atoms with Gasteiger partial charge in [0.25, 0.3) is 0 Å². The smallest absolute Gasteiger partial charge is 0.127 e. The van der Waals surface area contributed by atoms with E-state index in [2.05, 4.69) is 18.3 Å². The van der Waals surface area contributed by atoms with Gasteiger partial charge in [-0.2, -0.15) is 5.26 Å². The van der Waals surface area contributed by atoms with Gasteiger partial charge in [0, 0.05) is 13.7 Å². The first-order valence-electron chi connectivity index (χ1n) is 6.18. The van der Waals surface area contributed by atoms with Gasteiger partial charge in [-0.15, -0.1) is 0 Å². The minimum Gasteiger partial charge on any atom is -0.379 e. The third-order valence-electron chi connectivity index (χ3n) is 2.80. The molecule has 100 valence electrons. The van der Waals surface area contributed by atoms with E-state index in [0.717, 1.165) is 19.4 Å². The lowest BCUT2D eigenvalue weighted by Crippen LogP contribution is -2.45. The zero-order valence-corrected chi connectivity index (χ0v) is 11.8. The van der Waals surface area contributed by atoms with Crippen molar-refractivity contribution in [3.8, 4) is 6.07 Å². The van der Waals surface area contributed by atoms with Gasteiger partial charge in [-0.05, 0) is 40.2 Å². The molecule has 4 heteroatoms. The lowest BCUT2D eigenvalue weighted by molar-refractivity contribution is -0.0146. The molecule has 0 radical (unpaired) electrons. The Hall–Kier alpha value is -0.630. The van der Waals surface area contributed by atoms with E-state index in [-0.39, 0.29) is 5.60 Å². The molecule has 0 saturated carbocycles. The number of rotatable bonds is 9. The van der Waals surface area contributed by atoms with E-state index in [1.54, 1.807) is 7.11 Å². The number of ether oxygens (including phenoxy) is 2. The Labute approximate surface area is 105 Å². The Balaban J connectivity index is 3.89. The minimum absolute atomic E-state index is 0.167.